The minimum atomic E-state index is -0.885. The molecule has 2 aliphatic rings. The number of nitrogens with one attached hydrogen (secondary N) is 2. The molecule has 0 aliphatic carbocycles. The Morgan fingerprint density at radius 1 is 1.31 bits per heavy atom. The van der Waals surface area contributed by atoms with Crippen LogP contribution in [0, 0.1) is 12.7 Å². The molecule has 0 saturated heterocycles. The van der Waals surface area contributed by atoms with Gasteiger partial charge in [0.25, 0.3) is 5.91 Å². The lowest BCUT2D eigenvalue weighted by atomic mass is 9.99. The summed E-state index contributed by atoms with van der Waals surface area (Å²) in [7, 11) is 1.44. The molecule has 4 rings (SSSR count). The third-order valence-electron chi connectivity index (χ3n) is 6.70. The standard InChI is InChI=1S/C25H30FN5O5/c1-15-10-16(12-28-25(35)36-14-17-11-18-6-3-4-8-31(18)29-17)22(26)21-19(15)13-30(24(21)34)20(7-5-9-32)23(33)27-2/h9-11,20H,3-8,12-14H2,1-2H3,(H,27,33)(H,28,35). The molecule has 3 amide bonds. The van der Waals surface area contributed by atoms with E-state index in [4.69, 9.17) is 4.74 Å². The number of benzene rings is 1. The molecule has 11 heteroatoms. The van der Waals surface area contributed by atoms with Crippen LogP contribution in [0.2, 0.25) is 0 Å². The van der Waals surface area contributed by atoms with E-state index in [1.165, 1.54) is 11.9 Å². The maximum Gasteiger partial charge on any atom is 0.407 e. The van der Waals surface area contributed by atoms with Gasteiger partial charge in [-0.05, 0) is 49.8 Å². The van der Waals surface area contributed by atoms with Crippen LogP contribution < -0.4 is 10.6 Å². The highest BCUT2D eigenvalue weighted by Gasteiger charge is 2.39. The first-order chi connectivity index (χ1) is 17.3. The summed E-state index contributed by atoms with van der Waals surface area (Å²) < 4.78 is 22.6. The number of aryl methyl sites for hydroxylation is 3. The van der Waals surface area contributed by atoms with Gasteiger partial charge < -0.3 is 25.1 Å². The molecule has 1 aromatic heterocycles. The molecule has 3 heterocycles. The Kier molecular flexibility index (Phi) is 7.66. The highest BCUT2D eigenvalue weighted by molar-refractivity contribution is 6.02. The number of alkyl carbamates (subject to hydrolysis) is 1. The van der Waals surface area contributed by atoms with Crippen molar-refractivity contribution in [2.24, 2.45) is 0 Å². The topological polar surface area (TPSA) is 123 Å². The second-order valence-electron chi connectivity index (χ2n) is 9.06. The molecule has 1 aromatic carbocycles. The first-order valence-electron chi connectivity index (χ1n) is 12.1. The summed E-state index contributed by atoms with van der Waals surface area (Å²) >= 11 is 0. The van der Waals surface area contributed by atoms with Gasteiger partial charge in [-0.15, -0.1) is 0 Å². The Balaban J connectivity index is 1.41. The van der Waals surface area contributed by atoms with Crippen molar-refractivity contribution in [3.63, 3.8) is 0 Å². The van der Waals surface area contributed by atoms with Crippen LogP contribution in [0.5, 0.6) is 0 Å². The quantitative estimate of drug-likeness (QED) is 0.510. The predicted octanol–water partition coefficient (Wildman–Crippen LogP) is 2.14. The van der Waals surface area contributed by atoms with Gasteiger partial charge in [-0.1, -0.05) is 6.07 Å². The van der Waals surface area contributed by atoms with E-state index in [9.17, 15) is 19.2 Å². The maximum absolute atomic E-state index is 15.4. The van der Waals surface area contributed by atoms with Crippen LogP contribution in [0.25, 0.3) is 0 Å². The number of carbonyl (C=O) groups is 4. The average Bonchev–Trinajstić information content (AvgIpc) is 3.45. The molecule has 10 nitrogen and oxygen atoms in total. The lowest BCUT2D eigenvalue weighted by molar-refractivity contribution is -0.125. The second kappa shape index (κ2) is 10.9. The van der Waals surface area contributed by atoms with E-state index in [0.717, 1.165) is 31.5 Å². The van der Waals surface area contributed by atoms with Crippen molar-refractivity contribution in [3.8, 4) is 0 Å². The Bertz CT molecular complexity index is 1170. The lowest BCUT2D eigenvalue weighted by Gasteiger charge is -2.25. The predicted molar refractivity (Wildman–Crippen MR) is 126 cm³/mol. The normalized spacial score (nSPS) is 15.2. The largest absolute Gasteiger partial charge is 0.443 e. The van der Waals surface area contributed by atoms with Gasteiger partial charge in [-0.25, -0.2) is 9.18 Å². The van der Waals surface area contributed by atoms with Gasteiger partial charge in [0.15, 0.2) is 0 Å². The van der Waals surface area contributed by atoms with Crippen LogP contribution >= 0.6 is 0 Å². The number of nitrogens with zero attached hydrogens (tertiary/aromatic N) is 3. The van der Waals surface area contributed by atoms with Gasteiger partial charge in [0.1, 0.15) is 30.4 Å². The van der Waals surface area contributed by atoms with Crippen molar-refractivity contribution in [3.05, 3.63) is 51.6 Å². The third-order valence-corrected chi connectivity index (χ3v) is 6.70. The fraction of sp³-hybridized carbons (Fsp3) is 0.480. The fourth-order valence-electron chi connectivity index (χ4n) is 4.82. The lowest BCUT2D eigenvalue weighted by Crippen LogP contribution is -2.46. The Morgan fingerprint density at radius 3 is 2.83 bits per heavy atom. The summed E-state index contributed by atoms with van der Waals surface area (Å²) in [5, 5.41) is 9.46. The van der Waals surface area contributed by atoms with Crippen LogP contribution in [0.4, 0.5) is 9.18 Å². The summed E-state index contributed by atoms with van der Waals surface area (Å²) in [6.45, 7) is 2.51. The number of rotatable bonds is 9. The summed E-state index contributed by atoms with van der Waals surface area (Å²) in [5.74, 6) is -1.77. The first-order valence-corrected chi connectivity index (χ1v) is 12.1. The van der Waals surface area contributed by atoms with Crippen molar-refractivity contribution in [1.29, 1.82) is 0 Å². The molecule has 2 N–H and O–H groups in total. The molecule has 2 aromatic rings. The summed E-state index contributed by atoms with van der Waals surface area (Å²) in [6, 6.07) is 2.62. The molecule has 1 atom stereocenters. The maximum atomic E-state index is 15.4. The van der Waals surface area contributed by atoms with Crippen molar-refractivity contribution in [1.82, 2.24) is 25.3 Å². The summed E-state index contributed by atoms with van der Waals surface area (Å²) in [6.07, 6.45) is 3.34. The van der Waals surface area contributed by atoms with Crippen LogP contribution in [0.15, 0.2) is 12.1 Å². The minimum Gasteiger partial charge on any atom is -0.443 e. The number of aldehydes is 1. The minimum absolute atomic E-state index is 0.00659. The number of likely N-dealkylation sites (N-methyl/N-ethyl adjacent to an activating group) is 1. The van der Waals surface area contributed by atoms with Crippen molar-refractivity contribution in [2.45, 2.75) is 71.3 Å². The number of fused-ring (bicyclic) bond motifs is 2. The van der Waals surface area contributed by atoms with E-state index in [-0.39, 0.29) is 43.7 Å². The van der Waals surface area contributed by atoms with Crippen molar-refractivity contribution < 1.29 is 28.3 Å². The van der Waals surface area contributed by atoms with Crippen molar-refractivity contribution >= 4 is 24.2 Å². The second-order valence-corrected chi connectivity index (χ2v) is 9.06. The molecule has 0 radical (unpaired) electrons. The van der Waals surface area contributed by atoms with E-state index >= 15 is 4.39 Å². The monoisotopic (exact) mass is 499 g/mol. The zero-order valence-corrected chi connectivity index (χ0v) is 20.4. The number of aromatic nitrogens is 2. The number of hydrogen-bond acceptors (Lipinski definition) is 6. The van der Waals surface area contributed by atoms with E-state index in [1.54, 1.807) is 13.0 Å². The van der Waals surface area contributed by atoms with E-state index in [0.29, 0.717) is 23.1 Å². The average molecular weight is 500 g/mol. The third kappa shape index (κ3) is 5.09. The number of carbonyl (C=O) groups excluding carboxylic acids is 4. The van der Waals surface area contributed by atoms with Crippen LogP contribution in [0.3, 0.4) is 0 Å². The first kappa shape index (κ1) is 25.3. The van der Waals surface area contributed by atoms with Crippen LogP contribution in [-0.2, 0) is 47.0 Å². The van der Waals surface area contributed by atoms with Gasteiger partial charge >= 0.3 is 6.09 Å². The molecule has 36 heavy (non-hydrogen) atoms. The molecule has 1 unspecified atom stereocenters. The SMILES string of the molecule is CNC(=O)C(CCC=O)N1Cc2c(C)cc(CNC(=O)OCc3cc4n(n3)CCCC4)c(F)c2C1=O. The number of amides is 3. The molecule has 192 valence electrons. The summed E-state index contributed by atoms with van der Waals surface area (Å²) in [4.78, 5) is 49.9. The van der Waals surface area contributed by atoms with Gasteiger partial charge in [0, 0.05) is 44.4 Å². The van der Waals surface area contributed by atoms with E-state index in [2.05, 4.69) is 15.7 Å². The van der Waals surface area contributed by atoms with Crippen LogP contribution in [0.1, 0.15) is 64.1 Å². The van der Waals surface area contributed by atoms with Gasteiger partial charge in [-0.2, -0.15) is 5.10 Å². The molecule has 0 saturated carbocycles. The molecular formula is C25H30FN5O5. The fourth-order valence-corrected chi connectivity index (χ4v) is 4.82. The highest BCUT2D eigenvalue weighted by atomic mass is 19.1. The van der Waals surface area contributed by atoms with E-state index in [1.807, 2.05) is 10.7 Å². The Labute approximate surface area is 208 Å². The van der Waals surface area contributed by atoms with Gasteiger partial charge in [0.2, 0.25) is 5.91 Å². The van der Waals surface area contributed by atoms with E-state index < -0.39 is 29.8 Å². The number of hydrogen-bond donors (Lipinski definition) is 2. The zero-order chi connectivity index (χ0) is 25.8. The molecule has 2 aliphatic heterocycles. The molecule has 0 fully saturated rings. The molecule has 0 bridgehead atoms. The molecule has 0 spiro atoms. The van der Waals surface area contributed by atoms with Gasteiger partial charge in [0.05, 0.1) is 5.56 Å². The number of halogens is 1. The molecular weight excluding hydrogens is 469 g/mol. The number of ether oxygens (including phenoxy) is 1. The zero-order valence-electron chi connectivity index (χ0n) is 20.4. The van der Waals surface area contributed by atoms with Crippen molar-refractivity contribution in [2.75, 3.05) is 7.05 Å². The van der Waals surface area contributed by atoms with Gasteiger partial charge in [-0.3, -0.25) is 14.3 Å². The summed E-state index contributed by atoms with van der Waals surface area (Å²) in [5.41, 5.74) is 2.98. The smallest absolute Gasteiger partial charge is 0.407 e. The Morgan fingerprint density at radius 2 is 2.11 bits per heavy atom. The van der Waals surface area contributed by atoms with Crippen LogP contribution in [-0.4, -0.2) is 52.0 Å². The highest BCUT2D eigenvalue weighted by Crippen LogP contribution is 2.32. The Hall–Kier alpha value is -3.76.